The van der Waals surface area contributed by atoms with Gasteiger partial charge in [0.05, 0.1) is 17.3 Å². The van der Waals surface area contributed by atoms with Crippen LogP contribution in [0.1, 0.15) is 5.56 Å². The van der Waals surface area contributed by atoms with Crippen molar-refractivity contribution in [3.63, 3.8) is 0 Å². The van der Waals surface area contributed by atoms with Crippen LogP contribution in [0, 0.1) is 11.3 Å². The van der Waals surface area contributed by atoms with Gasteiger partial charge in [-0.15, -0.1) is 0 Å². The first-order valence-electron chi connectivity index (χ1n) is 4.28. The second kappa shape index (κ2) is 3.39. The summed E-state index contributed by atoms with van der Waals surface area (Å²) in [7, 11) is 0. The van der Waals surface area contributed by atoms with Crippen LogP contribution in [0.2, 0.25) is 0 Å². The van der Waals surface area contributed by atoms with Gasteiger partial charge in [0.2, 0.25) is 10.9 Å². The lowest BCUT2D eigenvalue weighted by Crippen LogP contribution is -2.31. The molecule has 0 saturated heterocycles. The fourth-order valence-electron chi connectivity index (χ4n) is 1.19. The number of nitrogens with one attached hydrogen (secondary N) is 1. The van der Waals surface area contributed by atoms with E-state index >= 15 is 0 Å². The van der Waals surface area contributed by atoms with E-state index in [0.29, 0.717) is 16.9 Å². The summed E-state index contributed by atoms with van der Waals surface area (Å²) >= 11 is 0. The van der Waals surface area contributed by atoms with Crippen molar-refractivity contribution in [1.82, 2.24) is 0 Å². The van der Waals surface area contributed by atoms with Gasteiger partial charge >= 0.3 is 0 Å². The molecule has 0 amide bonds. The molecule has 2 rings (SSSR count). The molecule has 15 heavy (non-hydrogen) atoms. The topological polar surface area (TPSA) is 70.0 Å². The van der Waals surface area contributed by atoms with E-state index in [1.165, 1.54) is 6.07 Å². The molecule has 0 heterocycles. The fourth-order valence-corrected chi connectivity index (χ4v) is 1.19. The summed E-state index contributed by atoms with van der Waals surface area (Å²) in [6, 6.07) is 9.86. The molecule has 72 valence electrons. The van der Waals surface area contributed by atoms with Gasteiger partial charge in [0.1, 0.15) is 0 Å². The number of nitriles is 1. The zero-order valence-corrected chi connectivity index (χ0v) is 7.65. The number of anilines is 2. The van der Waals surface area contributed by atoms with E-state index in [1.54, 1.807) is 24.3 Å². The summed E-state index contributed by atoms with van der Waals surface area (Å²) < 4.78 is 0. The standard InChI is InChI=1S/C11H6N2O2/c12-6-7-1-3-8(4-2-7)13-9-5-10(14)11(9)15/h1-5,13H. The minimum Gasteiger partial charge on any atom is -0.352 e. The lowest BCUT2D eigenvalue weighted by molar-refractivity contribution is 1.38. The van der Waals surface area contributed by atoms with Crippen molar-refractivity contribution in [2.24, 2.45) is 0 Å². The molecule has 2 aromatic rings. The smallest absolute Gasteiger partial charge is 0.249 e. The molecular weight excluding hydrogens is 192 g/mol. The minimum absolute atomic E-state index is 0.296. The zero-order chi connectivity index (χ0) is 10.8. The van der Waals surface area contributed by atoms with E-state index in [2.05, 4.69) is 5.32 Å². The van der Waals surface area contributed by atoms with Crippen molar-refractivity contribution in [3.05, 3.63) is 56.3 Å². The lowest BCUT2D eigenvalue weighted by atomic mass is 10.2. The third-order valence-electron chi connectivity index (χ3n) is 2.04. The lowest BCUT2D eigenvalue weighted by Gasteiger charge is -2.05. The van der Waals surface area contributed by atoms with Crippen LogP contribution in [-0.4, -0.2) is 0 Å². The van der Waals surface area contributed by atoms with Crippen molar-refractivity contribution < 1.29 is 0 Å². The monoisotopic (exact) mass is 198 g/mol. The van der Waals surface area contributed by atoms with Crippen LogP contribution < -0.4 is 16.2 Å². The van der Waals surface area contributed by atoms with Gasteiger partial charge in [-0.2, -0.15) is 5.26 Å². The van der Waals surface area contributed by atoms with Crippen LogP contribution in [0.25, 0.3) is 0 Å². The van der Waals surface area contributed by atoms with Crippen LogP contribution >= 0.6 is 0 Å². The van der Waals surface area contributed by atoms with Gasteiger partial charge in [-0.25, -0.2) is 0 Å². The summed E-state index contributed by atoms with van der Waals surface area (Å²) in [5.74, 6) is 0. The first-order chi connectivity index (χ1) is 7.20. The fraction of sp³-hybridized carbons (Fsp3) is 0. The Kier molecular flexibility index (Phi) is 2.07. The van der Waals surface area contributed by atoms with Crippen LogP contribution in [0.4, 0.5) is 11.4 Å². The van der Waals surface area contributed by atoms with Crippen molar-refractivity contribution >= 4 is 11.4 Å². The molecular formula is C11H6N2O2. The highest BCUT2D eigenvalue weighted by atomic mass is 16.2. The average molecular weight is 198 g/mol. The van der Waals surface area contributed by atoms with Gasteiger partial charge < -0.3 is 5.32 Å². The van der Waals surface area contributed by atoms with Crippen molar-refractivity contribution in [3.8, 4) is 6.07 Å². The number of hydrogen-bond acceptors (Lipinski definition) is 4. The Bertz CT molecular complexity index is 599. The molecule has 0 unspecified atom stereocenters. The number of hydrogen-bond donors (Lipinski definition) is 1. The maximum atomic E-state index is 11.0. The van der Waals surface area contributed by atoms with Crippen LogP contribution in [-0.2, 0) is 0 Å². The first-order valence-corrected chi connectivity index (χ1v) is 4.28. The molecule has 4 nitrogen and oxygen atoms in total. The molecule has 1 N–H and O–H groups in total. The summed E-state index contributed by atoms with van der Waals surface area (Å²) in [5.41, 5.74) is 0.543. The molecule has 0 aliphatic carbocycles. The van der Waals surface area contributed by atoms with Gasteiger partial charge in [0.15, 0.2) is 0 Å². The Morgan fingerprint density at radius 3 is 2.27 bits per heavy atom. The van der Waals surface area contributed by atoms with Crippen LogP contribution in [0.15, 0.2) is 39.9 Å². The summed E-state index contributed by atoms with van der Waals surface area (Å²) in [6.45, 7) is 0. The molecule has 0 spiro atoms. The molecule has 0 bridgehead atoms. The Morgan fingerprint density at radius 2 is 1.80 bits per heavy atom. The Morgan fingerprint density at radius 1 is 1.13 bits per heavy atom. The number of nitrogens with zero attached hydrogens (tertiary/aromatic N) is 1. The predicted molar refractivity (Wildman–Crippen MR) is 55.8 cm³/mol. The van der Waals surface area contributed by atoms with E-state index in [9.17, 15) is 9.59 Å². The second-order valence-electron chi connectivity index (χ2n) is 3.07. The normalized spacial score (nSPS) is 9.80. The molecule has 0 saturated carbocycles. The van der Waals surface area contributed by atoms with E-state index in [1.807, 2.05) is 6.07 Å². The van der Waals surface area contributed by atoms with E-state index in [0.717, 1.165) is 0 Å². The highest BCUT2D eigenvalue weighted by Crippen LogP contribution is 2.13. The zero-order valence-electron chi connectivity index (χ0n) is 7.65. The average Bonchev–Trinajstić information content (AvgIpc) is 2.29. The van der Waals surface area contributed by atoms with Crippen LogP contribution in [0.3, 0.4) is 0 Å². The second-order valence-corrected chi connectivity index (χ2v) is 3.07. The Balaban J connectivity index is 2.20. The molecule has 0 aromatic heterocycles. The maximum absolute atomic E-state index is 11.0. The minimum atomic E-state index is -0.501. The highest BCUT2D eigenvalue weighted by Gasteiger charge is 2.08. The van der Waals surface area contributed by atoms with Crippen molar-refractivity contribution in [1.29, 1.82) is 5.26 Å². The van der Waals surface area contributed by atoms with Crippen molar-refractivity contribution in [2.75, 3.05) is 5.32 Å². The molecule has 0 aliphatic rings. The van der Waals surface area contributed by atoms with Gasteiger partial charge in [0.25, 0.3) is 0 Å². The van der Waals surface area contributed by atoms with Crippen LogP contribution in [0.5, 0.6) is 0 Å². The maximum Gasteiger partial charge on any atom is 0.249 e. The van der Waals surface area contributed by atoms with Gasteiger partial charge in [-0.3, -0.25) is 9.59 Å². The third-order valence-corrected chi connectivity index (χ3v) is 2.04. The largest absolute Gasteiger partial charge is 0.352 e. The number of rotatable bonds is 2. The molecule has 4 heteroatoms. The Hall–Kier alpha value is -2.41. The molecule has 0 aliphatic heterocycles. The van der Waals surface area contributed by atoms with E-state index in [-0.39, 0.29) is 0 Å². The molecule has 0 radical (unpaired) electrons. The summed E-state index contributed by atoms with van der Waals surface area (Å²) in [4.78, 5) is 21.6. The molecule has 0 fully saturated rings. The van der Waals surface area contributed by atoms with Gasteiger partial charge in [-0.1, -0.05) is 0 Å². The summed E-state index contributed by atoms with van der Waals surface area (Å²) in [5, 5.41) is 11.4. The first kappa shape index (κ1) is 9.16. The van der Waals surface area contributed by atoms with Gasteiger partial charge in [0, 0.05) is 11.8 Å². The third kappa shape index (κ3) is 1.63. The Labute approximate surface area is 85.1 Å². The number of benzene rings is 1. The van der Waals surface area contributed by atoms with E-state index in [4.69, 9.17) is 5.26 Å². The highest BCUT2D eigenvalue weighted by molar-refractivity contribution is 5.62. The SMILES string of the molecule is N#Cc1ccc(Nc2cc(=O)c2=O)cc1. The van der Waals surface area contributed by atoms with Crippen molar-refractivity contribution in [2.45, 2.75) is 0 Å². The van der Waals surface area contributed by atoms with Gasteiger partial charge in [-0.05, 0) is 24.3 Å². The van der Waals surface area contributed by atoms with E-state index < -0.39 is 10.9 Å². The quantitative estimate of drug-likeness (QED) is 0.728. The molecule has 2 aromatic carbocycles. The molecule has 0 atom stereocenters. The summed E-state index contributed by atoms with van der Waals surface area (Å²) in [6.07, 6.45) is 0. The predicted octanol–water partition coefficient (Wildman–Crippen LogP) is 0.898.